The molecule has 140 valence electrons. The fraction of sp³-hybridized carbons (Fsp3) is 0.381. The lowest BCUT2D eigenvalue weighted by molar-refractivity contribution is 0.214. The van der Waals surface area contributed by atoms with E-state index < -0.39 is 0 Å². The van der Waals surface area contributed by atoms with Crippen molar-refractivity contribution in [3.63, 3.8) is 0 Å². The fourth-order valence-corrected chi connectivity index (χ4v) is 4.05. The molecule has 0 saturated heterocycles. The van der Waals surface area contributed by atoms with E-state index in [1.807, 2.05) is 35.9 Å². The molecule has 1 heterocycles. The van der Waals surface area contributed by atoms with Crippen LogP contribution >= 0.6 is 11.6 Å². The van der Waals surface area contributed by atoms with E-state index >= 15 is 0 Å². The number of nitrogens with zero attached hydrogens (tertiary/aromatic N) is 4. The van der Waals surface area contributed by atoms with Crippen LogP contribution in [-0.4, -0.2) is 20.2 Å². The van der Waals surface area contributed by atoms with Crippen molar-refractivity contribution in [3.05, 3.63) is 70.5 Å². The molecule has 1 saturated carbocycles. The second-order valence-electron chi connectivity index (χ2n) is 7.33. The molecule has 3 aromatic rings. The van der Waals surface area contributed by atoms with E-state index in [0.717, 1.165) is 41.5 Å². The highest BCUT2D eigenvalue weighted by Crippen LogP contribution is 2.37. The van der Waals surface area contributed by atoms with Gasteiger partial charge in [-0.15, -0.1) is 5.10 Å². The summed E-state index contributed by atoms with van der Waals surface area (Å²) in [7, 11) is 0. The van der Waals surface area contributed by atoms with Crippen LogP contribution in [0, 0.1) is 6.92 Å². The average Bonchev–Trinajstić information content (AvgIpc) is 3.21. The lowest BCUT2D eigenvalue weighted by atomic mass is 9.80. The highest BCUT2D eigenvalue weighted by molar-refractivity contribution is 6.31. The Balaban J connectivity index is 1.69. The van der Waals surface area contributed by atoms with Crippen LogP contribution in [0.25, 0.3) is 5.69 Å². The van der Waals surface area contributed by atoms with Crippen molar-refractivity contribution in [2.75, 3.05) is 0 Å². The number of aryl methyl sites for hydroxylation is 1. The van der Waals surface area contributed by atoms with Crippen LogP contribution in [-0.2, 0) is 12.1 Å². The third-order valence-electron chi connectivity index (χ3n) is 5.48. The van der Waals surface area contributed by atoms with Gasteiger partial charge in [0, 0.05) is 11.6 Å². The van der Waals surface area contributed by atoms with E-state index in [0.29, 0.717) is 0 Å². The van der Waals surface area contributed by atoms with Gasteiger partial charge in [0.15, 0.2) is 5.82 Å². The summed E-state index contributed by atoms with van der Waals surface area (Å²) < 4.78 is 1.84. The number of aromatic nitrogens is 4. The van der Waals surface area contributed by atoms with Gasteiger partial charge in [0.2, 0.25) is 0 Å². The normalized spacial score (nSPS) is 16.4. The number of nitrogens with one attached hydrogen (secondary N) is 1. The maximum absolute atomic E-state index is 6.35. The summed E-state index contributed by atoms with van der Waals surface area (Å²) in [5.41, 5.74) is 2.98. The molecule has 6 heteroatoms. The number of halogens is 1. The van der Waals surface area contributed by atoms with Crippen LogP contribution in [0.5, 0.6) is 0 Å². The SMILES string of the molecule is Cc1ccc(-n2nnnc2C2(NCc3ccccc3)CCCCC2)cc1Cl. The van der Waals surface area contributed by atoms with Gasteiger partial charge in [-0.05, 0) is 53.5 Å². The lowest BCUT2D eigenvalue weighted by Gasteiger charge is -2.37. The van der Waals surface area contributed by atoms with Crippen molar-refractivity contribution in [2.45, 2.75) is 51.1 Å². The number of rotatable bonds is 5. The van der Waals surface area contributed by atoms with Gasteiger partial charge in [-0.25, -0.2) is 0 Å². The van der Waals surface area contributed by atoms with Crippen LogP contribution in [0.2, 0.25) is 5.02 Å². The Morgan fingerprint density at radius 2 is 1.85 bits per heavy atom. The standard InChI is InChI=1S/C21H24ClN5/c1-16-10-11-18(14-19(16)22)27-20(24-25-26-27)21(12-6-3-7-13-21)23-15-17-8-4-2-5-9-17/h2,4-5,8-11,14,23H,3,6-7,12-13,15H2,1H3. The molecule has 0 radical (unpaired) electrons. The lowest BCUT2D eigenvalue weighted by Crippen LogP contribution is -2.45. The van der Waals surface area contributed by atoms with Crippen molar-refractivity contribution < 1.29 is 0 Å². The second kappa shape index (κ2) is 7.79. The van der Waals surface area contributed by atoms with Crippen LogP contribution < -0.4 is 5.32 Å². The van der Waals surface area contributed by atoms with E-state index in [4.69, 9.17) is 11.6 Å². The number of benzene rings is 2. The van der Waals surface area contributed by atoms with Crippen LogP contribution in [0.4, 0.5) is 0 Å². The first kappa shape index (κ1) is 18.1. The predicted octanol–water partition coefficient (Wildman–Crippen LogP) is 4.57. The molecule has 1 aromatic heterocycles. The molecule has 4 rings (SSSR count). The summed E-state index contributed by atoms with van der Waals surface area (Å²) in [4.78, 5) is 0. The van der Waals surface area contributed by atoms with Gasteiger partial charge in [-0.2, -0.15) is 4.68 Å². The Hall–Kier alpha value is -2.24. The Morgan fingerprint density at radius 1 is 1.07 bits per heavy atom. The fourth-order valence-electron chi connectivity index (χ4n) is 3.87. The van der Waals surface area contributed by atoms with E-state index in [9.17, 15) is 0 Å². The molecule has 0 unspecified atom stereocenters. The first-order valence-electron chi connectivity index (χ1n) is 9.52. The Bertz CT molecular complexity index is 900. The summed E-state index contributed by atoms with van der Waals surface area (Å²) in [6.07, 6.45) is 5.65. The Labute approximate surface area is 164 Å². The maximum atomic E-state index is 6.35. The molecule has 1 fully saturated rings. The molecular formula is C21H24ClN5. The number of hydrogen-bond donors (Lipinski definition) is 1. The highest BCUT2D eigenvalue weighted by Gasteiger charge is 2.38. The summed E-state index contributed by atoms with van der Waals surface area (Å²) in [6.45, 7) is 2.79. The van der Waals surface area contributed by atoms with Gasteiger partial charge < -0.3 is 5.32 Å². The quantitative estimate of drug-likeness (QED) is 0.703. The van der Waals surface area contributed by atoms with Crippen LogP contribution in [0.1, 0.15) is 49.1 Å². The molecule has 1 N–H and O–H groups in total. The molecule has 0 atom stereocenters. The molecule has 0 bridgehead atoms. The van der Waals surface area contributed by atoms with Gasteiger partial charge in [-0.1, -0.05) is 67.3 Å². The van der Waals surface area contributed by atoms with E-state index in [1.165, 1.54) is 24.8 Å². The summed E-state index contributed by atoms with van der Waals surface area (Å²) >= 11 is 6.35. The van der Waals surface area contributed by atoms with Gasteiger partial charge in [0.25, 0.3) is 0 Å². The zero-order valence-corrected chi connectivity index (χ0v) is 16.3. The van der Waals surface area contributed by atoms with Gasteiger partial charge in [0.1, 0.15) is 0 Å². The van der Waals surface area contributed by atoms with Crippen LogP contribution in [0.3, 0.4) is 0 Å². The minimum Gasteiger partial charge on any atom is -0.301 e. The Kier molecular flexibility index (Phi) is 5.23. The van der Waals surface area contributed by atoms with Gasteiger partial charge in [0.05, 0.1) is 11.2 Å². The zero-order chi connectivity index (χ0) is 18.7. The molecule has 0 amide bonds. The van der Waals surface area contributed by atoms with Crippen LogP contribution in [0.15, 0.2) is 48.5 Å². The van der Waals surface area contributed by atoms with E-state index in [1.54, 1.807) is 0 Å². The minimum atomic E-state index is -0.227. The minimum absolute atomic E-state index is 0.227. The second-order valence-corrected chi connectivity index (χ2v) is 7.74. The molecule has 5 nitrogen and oxygen atoms in total. The first-order chi connectivity index (χ1) is 13.2. The maximum Gasteiger partial charge on any atom is 0.176 e. The number of tetrazole rings is 1. The van der Waals surface area contributed by atoms with Crippen molar-refractivity contribution in [2.24, 2.45) is 0 Å². The highest BCUT2D eigenvalue weighted by atomic mass is 35.5. The molecule has 0 aliphatic heterocycles. The summed E-state index contributed by atoms with van der Waals surface area (Å²) in [6, 6.07) is 16.4. The topological polar surface area (TPSA) is 55.6 Å². The van der Waals surface area contributed by atoms with Gasteiger partial charge in [-0.3, -0.25) is 0 Å². The summed E-state index contributed by atoms with van der Waals surface area (Å²) in [5, 5.41) is 17.3. The molecule has 27 heavy (non-hydrogen) atoms. The molecule has 1 aliphatic carbocycles. The van der Waals surface area contributed by atoms with Gasteiger partial charge >= 0.3 is 0 Å². The molecular weight excluding hydrogens is 358 g/mol. The van der Waals surface area contributed by atoms with Crippen molar-refractivity contribution in [1.82, 2.24) is 25.5 Å². The summed E-state index contributed by atoms with van der Waals surface area (Å²) in [5.74, 6) is 0.873. The molecule has 0 spiro atoms. The first-order valence-corrected chi connectivity index (χ1v) is 9.90. The Morgan fingerprint density at radius 3 is 2.59 bits per heavy atom. The molecule has 1 aliphatic rings. The zero-order valence-electron chi connectivity index (χ0n) is 15.5. The third kappa shape index (κ3) is 3.75. The third-order valence-corrected chi connectivity index (χ3v) is 5.89. The predicted molar refractivity (Wildman–Crippen MR) is 107 cm³/mol. The smallest absolute Gasteiger partial charge is 0.176 e. The average molecular weight is 382 g/mol. The van der Waals surface area contributed by atoms with E-state index in [-0.39, 0.29) is 5.54 Å². The van der Waals surface area contributed by atoms with E-state index in [2.05, 4.69) is 45.1 Å². The van der Waals surface area contributed by atoms with Crippen molar-refractivity contribution >= 4 is 11.6 Å². The van der Waals surface area contributed by atoms with Crippen molar-refractivity contribution in [1.29, 1.82) is 0 Å². The largest absolute Gasteiger partial charge is 0.301 e. The van der Waals surface area contributed by atoms with Crippen molar-refractivity contribution in [3.8, 4) is 5.69 Å². The number of hydrogen-bond acceptors (Lipinski definition) is 4. The molecule has 2 aromatic carbocycles. The monoisotopic (exact) mass is 381 g/mol.